The van der Waals surface area contributed by atoms with Gasteiger partial charge in [0.1, 0.15) is 48.8 Å². The molecule has 10 heterocycles. The number of benzene rings is 2. The zero-order chi connectivity index (χ0) is 91.2. The number of nitrogens with one attached hydrogen (secondary N) is 1. The van der Waals surface area contributed by atoms with Gasteiger partial charge in [-0.05, 0) is 252 Å². The molecule has 131 heavy (non-hydrogen) atoms. The lowest BCUT2D eigenvalue weighted by molar-refractivity contribution is -0.314. The number of carbonyl (C=O) groups is 4. The van der Waals surface area contributed by atoms with Gasteiger partial charge in [-0.2, -0.15) is 0 Å². The zero-order valence-corrected chi connectivity index (χ0v) is 79.1. The smallest absolute Gasteiger partial charge is 0.462 e. The van der Waals surface area contributed by atoms with Gasteiger partial charge in [0, 0.05) is 132 Å². The molecule has 38 atom stereocenters. The molecule has 4 aromatic rings. The number of anilines is 1. The maximum absolute atomic E-state index is 15.3. The highest BCUT2D eigenvalue weighted by molar-refractivity contribution is 6.62. The predicted molar refractivity (Wildman–Crippen MR) is 498 cm³/mol. The Morgan fingerprint density at radius 2 is 0.924 bits per heavy atom. The van der Waals surface area contributed by atoms with Crippen LogP contribution in [0.3, 0.4) is 0 Å². The van der Waals surface area contributed by atoms with Gasteiger partial charge in [0.2, 0.25) is 0 Å². The molecule has 29 heteroatoms. The molecule has 28 nitrogen and oxygen atoms in total. The maximum Gasteiger partial charge on any atom is 0.489 e. The van der Waals surface area contributed by atoms with Crippen molar-refractivity contribution >= 4 is 63.3 Å². The largest absolute Gasteiger partial charge is 0.489 e. The standard InChI is InChI=1S/C50H71N3O10.C41H66N2O10.C9H8BNO2.2CH4/c1-10-30-14-12-16-40(63-42-18-17-38(52(5)6)27(3)59-42)26(2)46(55)37-23-34-33-21-31(62-50-49(58-9)48(57-8)47(56-7)28(4)60-50)22-36(33)44-45(43(34)35(37)24-41(54)61-30)53(44)39-15-11-13-29-25-51-20-19-32(29)39;1-10-23-12-11-13-31(53-33-15-14-30(43(5)6)21(3)49-33)20(2)37(45)29-18-26-25-16-24(52-41-40(48-9)39(47-8)38(46-7)22(4)50-41)17-28(25)35-36(42-35)34(26)27(29)19-32(44)51-23;12-10(13)9-3-1-2-7-6-11-5-4-8(7)9;;/h11,13,15,19-20,23,25-28,30-31,33-36,38,40,42-45,47-50H,10,12,14,16-18,21-22,24H2,1-9H3;18,20-28,30-31,33-36,38-42H,10-17,19H2,1-9H3;1-6,12-13H;2*1H4/t26-,27?,28?,30+,31+,33+,34+,35-,36-,38+,40+,42+,43-,44+,45-,47+,48?,49+,50+,53?;20-,21?,22?,23+,24+,25+,26+,27-,28-,30+,31+,33+,34-,35+,36-,38+,39?,40+,41+;;;/m11.../s1. The van der Waals surface area contributed by atoms with Gasteiger partial charge in [0.25, 0.3) is 0 Å². The fourth-order valence-electron chi connectivity index (χ4n) is 26.1. The number of aromatic nitrogens is 2. The lowest BCUT2D eigenvalue weighted by Gasteiger charge is -2.44. The number of Topliss-reactive ketones (excluding diaryl/α,β-unsaturated/α-hetero) is 2. The number of carbonyl (C=O) groups excluding carboxylic acids is 4. The SMILES string of the molecule is C.C.CC[C@H]1CCC[C@H](O[C@H]2CC[C@H](N(C)C)C(C)O2)[C@@H](C)C(=O)C2=C[C@H]3[C@@H]4C[C@H](O[C@@H]5OC(C)[C@H](OC)C(OC)[C@@H]5OC)C[C@H]4[C@@H]4N[C@@H]4[C@H]3[C@@H]2CC(=O)O1.CC[C@H]1CCC[C@H](O[C@H]2CC[C@H](N(C)C)C(C)O2)[C@@H](C)C(=O)C2=C[C@H]3[C@@H]4C[C@H](O[C@@H]5OC(C)[C@H](OC)C(OC)[C@@H]5OC)C[C@H]4[C@H]4[C@@H]([C@H]3[C@@H]2CC(=O)O1)N4c1cccc2cnccc12.OB(O)c1cccc2cnccc12. The van der Waals surface area contributed by atoms with Gasteiger partial charge in [-0.3, -0.25) is 29.1 Å². The summed E-state index contributed by atoms with van der Waals surface area (Å²) < 4.78 is 101. The summed E-state index contributed by atoms with van der Waals surface area (Å²) in [6.45, 7) is 16.4. The van der Waals surface area contributed by atoms with Crippen LogP contribution in [0.25, 0.3) is 21.5 Å². The van der Waals surface area contributed by atoms with Crippen molar-refractivity contribution in [3.8, 4) is 0 Å². The Kier molecular flexibility index (Phi) is 33.8. The van der Waals surface area contributed by atoms with Crippen LogP contribution >= 0.6 is 0 Å². The summed E-state index contributed by atoms with van der Waals surface area (Å²) in [4.78, 5) is 73.3. The van der Waals surface area contributed by atoms with Gasteiger partial charge in [0.05, 0.1) is 73.8 Å². The highest BCUT2D eigenvalue weighted by atomic mass is 16.7. The minimum atomic E-state index is -1.42. The second-order valence-electron chi connectivity index (χ2n) is 40.0. The topological polar surface area (TPSA) is 314 Å². The fourth-order valence-corrected chi connectivity index (χ4v) is 26.1. The van der Waals surface area contributed by atoms with E-state index in [0.29, 0.717) is 54.2 Å². The highest BCUT2D eigenvalue weighted by Crippen LogP contribution is 2.66. The van der Waals surface area contributed by atoms with Gasteiger partial charge < -0.3 is 106 Å². The number of rotatable bonds is 20. The van der Waals surface area contributed by atoms with E-state index >= 15 is 4.79 Å². The summed E-state index contributed by atoms with van der Waals surface area (Å²) in [6.07, 6.45) is 19.4. The van der Waals surface area contributed by atoms with Crippen LogP contribution in [0.5, 0.6) is 0 Å². The molecule has 14 aliphatic rings. The van der Waals surface area contributed by atoms with Crippen molar-refractivity contribution in [2.24, 2.45) is 71.0 Å². The van der Waals surface area contributed by atoms with E-state index in [9.17, 15) is 14.4 Å². The molecule has 3 N–H and O–H groups in total. The summed E-state index contributed by atoms with van der Waals surface area (Å²) in [6, 6.07) is 17.3. The van der Waals surface area contributed by atoms with Crippen LogP contribution < -0.4 is 15.7 Å². The lowest BCUT2D eigenvalue weighted by Crippen LogP contribution is -2.59. The first-order valence-corrected chi connectivity index (χ1v) is 48.4. The van der Waals surface area contributed by atoms with E-state index in [0.717, 1.165) is 123 Å². The van der Waals surface area contributed by atoms with Gasteiger partial charge in [-0.15, -0.1) is 0 Å². The number of hydrogen-bond donors (Lipinski definition) is 3. The maximum atomic E-state index is 15.3. The Morgan fingerprint density at radius 1 is 0.481 bits per heavy atom. The van der Waals surface area contributed by atoms with Crippen LogP contribution in [0.2, 0.25) is 0 Å². The molecule has 2 aromatic carbocycles. The summed E-state index contributed by atoms with van der Waals surface area (Å²) in [5.41, 5.74) is 3.26. The Labute approximate surface area is 777 Å². The Hall–Kier alpha value is -5.88. The van der Waals surface area contributed by atoms with Gasteiger partial charge in [-0.25, -0.2) is 0 Å². The van der Waals surface area contributed by atoms with Crippen LogP contribution in [0.4, 0.5) is 5.69 Å². The second kappa shape index (κ2) is 43.9. The Bertz CT molecular complexity index is 4540. The third kappa shape index (κ3) is 20.8. The van der Waals surface area contributed by atoms with E-state index in [4.69, 9.17) is 85.8 Å². The number of cyclic esters (lactones) is 2. The molecular weight excluding hydrogens is 1670 g/mol. The molecule has 6 aliphatic carbocycles. The van der Waals surface area contributed by atoms with Gasteiger partial charge in [0.15, 0.2) is 36.7 Å². The molecule has 0 bridgehead atoms. The normalized spacial score (nSPS) is 41.4. The monoisotopic (exact) mass is 1830 g/mol. The van der Waals surface area contributed by atoms with Crippen LogP contribution in [0.15, 0.2) is 96.6 Å². The summed E-state index contributed by atoms with van der Waals surface area (Å²) in [5, 5.41) is 25.9. The van der Waals surface area contributed by atoms with Crippen molar-refractivity contribution in [3.63, 3.8) is 0 Å². The fraction of sp³-hybridized carbons (Fsp3) is 0.745. The van der Waals surface area contributed by atoms with Gasteiger partial charge in [-0.1, -0.05) is 85.0 Å². The molecule has 6 unspecified atom stereocenters. The van der Waals surface area contributed by atoms with E-state index < -0.39 is 37.8 Å². The summed E-state index contributed by atoms with van der Waals surface area (Å²) in [7, 11) is 17.0. The number of esters is 2. The quantitative estimate of drug-likeness (QED) is 0.0420. The Morgan fingerprint density at radius 3 is 1.39 bits per heavy atom. The molecule has 2 aromatic heterocycles. The van der Waals surface area contributed by atoms with Crippen molar-refractivity contribution in [1.82, 2.24) is 25.1 Å². The molecule has 0 spiro atoms. The van der Waals surface area contributed by atoms with E-state index in [1.54, 1.807) is 73.3 Å². The van der Waals surface area contributed by atoms with Crippen LogP contribution in [-0.4, -0.2) is 290 Å². The molecular formula is C102H153BN6O22. The first kappa shape index (κ1) is 101. The summed E-state index contributed by atoms with van der Waals surface area (Å²) >= 11 is 0. The zero-order valence-electron chi connectivity index (χ0n) is 79.1. The minimum absolute atomic E-state index is 0. The van der Waals surface area contributed by atoms with Crippen LogP contribution in [0, 0.1) is 71.0 Å². The molecule has 0 radical (unpaired) electrons. The van der Waals surface area contributed by atoms with Crippen LogP contribution in [0.1, 0.15) is 186 Å². The third-order valence-electron chi connectivity index (χ3n) is 32.5. The predicted octanol–water partition coefficient (Wildman–Crippen LogP) is 12.2. The lowest BCUT2D eigenvalue weighted by atomic mass is 9.66. The van der Waals surface area contributed by atoms with Crippen molar-refractivity contribution in [3.05, 3.63) is 96.6 Å². The average Bonchev–Trinajstić information content (AvgIpc) is 1.51. The number of ether oxygens (including phenoxy) is 16. The van der Waals surface area contributed by atoms with Crippen LogP contribution in [-0.2, 0) is 95.0 Å². The molecule has 12 fully saturated rings. The van der Waals surface area contributed by atoms with E-state index in [-0.39, 0.29) is 215 Å². The van der Waals surface area contributed by atoms with Crippen molar-refractivity contribution in [2.45, 2.75) is 345 Å². The second-order valence-corrected chi connectivity index (χ2v) is 40.0. The van der Waals surface area contributed by atoms with Crippen molar-refractivity contribution < 1.29 is 105 Å². The Balaban J connectivity index is 0.000000184. The minimum Gasteiger partial charge on any atom is -0.462 e. The molecule has 8 saturated heterocycles. The number of fused-ring (bicyclic) bond motifs is 18. The number of methoxy groups -OCH3 is 6. The molecule has 18 rings (SSSR count). The van der Waals surface area contributed by atoms with Gasteiger partial charge >= 0.3 is 19.1 Å². The number of allylic oxidation sites excluding steroid dienone is 4. The highest BCUT2D eigenvalue weighted by Gasteiger charge is 2.70. The van der Waals surface area contributed by atoms with Crippen molar-refractivity contribution in [2.75, 3.05) is 75.7 Å². The molecule has 4 saturated carbocycles. The molecule has 726 valence electrons. The van der Waals surface area contributed by atoms with E-state index in [2.05, 4.69) is 122 Å². The van der Waals surface area contributed by atoms with Crippen molar-refractivity contribution in [1.29, 1.82) is 0 Å². The number of ketones is 2. The molecule has 0 amide bonds. The number of hydrogen-bond acceptors (Lipinski definition) is 28. The average molecular weight is 1830 g/mol. The molecule has 8 aliphatic heterocycles. The third-order valence-corrected chi connectivity index (χ3v) is 32.5. The van der Waals surface area contributed by atoms with E-state index in [1.165, 1.54) is 5.69 Å². The summed E-state index contributed by atoms with van der Waals surface area (Å²) in [5.74, 6) is 0.229. The first-order valence-electron chi connectivity index (χ1n) is 48.4. The number of pyridine rings is 2. The number of likely N-dealkylation sites (N-methyl/N-ethyl adjacent to an activating group) is 2. The first-order chi connectivity index (χ1) is 62.2. The van der Waals surface area contributed by atoms with E-state index in [1.807, 2.05) is 46.2 Å². The number of nitrogens with zero attached hydrogens (tertiary/aromatic N) is 5.